The van der Waals surface area contributed by atoms with E-state index in [1.54, 1.807) is 29.7 Å². The number of allylic oxidation sites excluding steroid dienone is 3. The minimum atomic E-state index is -1.43. The molecular weight excluding hydrogens is 599 g/mol. The van der Waals surface area contributed by atoms with Crippen LogP contribution in [-0.2, 0) is 11.2 Å². The van der Waals surface area contributed by atoms with E-state index < -0.39 is 17.1 Å². The van der Waals surface area contributed by atoms with Crippen LogP contribution in [0.1, 0.15) is 63.9 Å². The van der Waals surface area contributed by atoms with E-state index in [0.717, 1.165) is 54.9 Å². The molecule has 2 heterocycles. The maximum Gasteiger partial charge on any atom is 0.175 e. The summed E-state index contributed by atoms with van der Waals surface area (Å²) in [6, 6.07) is 14.2. The molecule has 236 valence electrons. The van der Waals surface area contributed by atoms with Crippen LogP contribution in [-0.4, -0.2) is 50.4 Å². The molecule has 1 aliphatic heterocycles. The Morgan fingerprint density at radius 2 is 2.04 bits per heavy atom. The highest BCUT2D eigenvalue weighted by Gasteiger charge is 2.66. The Kier molecular flexibility index (Phi) is 8.70. The van der Waals surface area contributed by atoms with Gasteiger partial charge in [0, 0.05) is 32.9 Å². The number of aliphatic imine (C=N–C) groups is 1. The van der Waals surface area contributed by atoms with Crippen LogP contribution in [0.5, 0.6) is 0 Å². The summed E-state index contributed by atoms with van der Waals surface area (Å²) >= 11 is 3.31. The van der Waals surface area contributed by atoms with Crippen LogP contribution in [0, 0.1) is 40.4 Å². The number of Topliss-reactive ketones (excluding diaryl/α,β-unsaturated/α-hetero) is 1. The Hall–Kier alpha value is -2.52. The van der Waals surface area contributed by atoms with E-state index in [1.807, 2.05) is 18.2 Å². The van der Waals surface area contributed by atoms with Gasteiger partial charge in [-0.25, -0.2) is 9.98 Å². The third-order valence-corrected chi connectivity index (χ3v) is 14.1. The standard InChI is InChI=1S/C37H43N3O3S2/c1-36-20-30(41)35-26(14-13-24-19-29(25(21-38)18-27(24)35)40-33-11-6-7-17-39-33)28(36)15-16-37(36,43)32(42)22-44-34-12-5-3-9-23-8-2-4-10-31(23)45-34/h2,4,6-8,10-12,17,19,21,25-28,30,35,38,41,43H,3,5,9,13-16,18,20,22H2,1H3. The molecule has 1 aromatic carbocycles. The normalized spacial score (nSPS) is 36.7. The SMILES string of the molecule is CC12CC(O)C3C4CC(C=N)C(=Nc5ccccn5)C=C4CCC3C1CCC2(O)C(=O)CSC1=CCCCc2ccccc2S1. The molecule has 3 fully saturated rings. The number of aliphatic hydroxyl groups excluding tert-OH is 1. The molecule has 45 heavy (non-hydrogen) atoms. The van der Waals surface area contributed by atoms with Crippen LogP contribution >= 0.6 is 23.5 Å². The Bertz CT molecular complexity index is 1560. The van der Waals surface area contributed by atoms with Crippen LogP contribution in [0.15, 0.2) is 80.5 Å². The molecule has 2 aromatic rings. The number of aryl methyl sites for hydroxylation is 1. The molecule has 5 aliphatic rings. The van der Waals surface area contributed by atoms with Gasteiger partial charge in [-0.05, 0) is 111 Å². The van der Waals surface area contributed by atoms with Gasteiger partial charge >= 0.3 is 0 Å². The summed E-state index contributed by atoms with van der Waals surface area (Å²) in [5.41, 5.74) is 1.48. The maximum atomic E-state index is 14.0. The Labute approximate surface area is 274 Å². The summed E-state index contributed by atoms with van der Waals surface area (Å²) in [6.45, 7) is 2.08. The first-order chi connectivity index (χ1) is 21.8. The fourth-order valence-electron chi connectivity index (χ4n) is 9.41. The van der Waals surface area contributed by atoms with Crippen molar-refractivity contribution in [3.05, 3.63) is 76.2 Å². The van der Waals surface area contributed by atoms with Crippen molar-refractivity contribution in [2.45, 2.75) is 81.3 Å². The van der Waals surface area contributed by atoms with E-state index in [0.29, 0.717) is 18.7 Å². The molecule has 8 atom stereocenters. The van der Waals surface area contributed by atoms with Crippen molar-refractivity contribution in [2.75, 3.05) is 5.75 Å². The van der Waals surface area contributed by atoms with Crippen LogP contribution < -0.4 is 0 Å². The van der Waals surface area contributed by atoms with Crippen molar-refractivity contribution in [1.29, 1.82) is 5.41 Å². The number of hydrogen-bond donors (Lipinski definition) is 3. The second kappa shape index (κ2) is 12.6. The number of pyridine rings is 1. The van der Waals surface area contributed by atoms with Crippen molar-refractivity contribution < 1.29 is 15.0 Å². The Morgan fingerprint density at radius 1 is 1.20 bits per heavy atom. The number of hydrogen-bond acceptors (Lipinski definition) is 8. The molecule has 0 radical (unpaired) electrons. The van der Waals surface area contributed by atoms with Crippen LogP contribution in [0.2, 0.25) is 0 Å². The number of rotatable bonds is 6. The molecule has 1 aromatic heterocycles. The van der Waals surface area contributed by atoms with E-state index in [-0.39, 0.29) is 41.1 Å². The predicted molar refractivity (Wildman–Crippen MR) is 183 cm³/mol. The first kappa shape index (κ1) is 31.1. The Morgan fingerprint density at radius 3 is 2.87 bits per heavy atom. The number of fused-ring (bicyclic) bond motifs is 6. The van der Waals surface area contributed by atoms with Gasteiger partial charge in [0.25, 0.3) is 0 Å². The highest BCUT2D eigenvalue weighted by Crippen LogP contribution is 2.65. The van der Waals surface area contributed by atoms with Crippen molar-refractivity contribution in [1.82, 2.24) is 4.98 Å². The molecule has 8 unspecified atom stereocenters. The predicted octanol–water partition coefficient (Wildman–Crippen LogP) is 7.58. The highest BCUT2D eigenvalue weighted by atomic mass is 32.2. The number of nitrogens with one attached hydrogen (secondary N) is 1. The number of carbonyl (C=O) groups is 1. The number of benzene rings is 1. The van der Waals surface area contributed by atoms with E-state index in [1.165, 1.54) is 22.2 Å². The van der Waals surface area contributed by atoms with Gasteiger partial charge < -0.3 is 15.6 Å². The average molecular weight is 642 g/mol. The van der Waals surface area contributed by atoms with Crippen LogP contribution in [0.4, 0.5) is 5.82 Å². The molecule has 3 N–H and O–H groups in total. The zero-order valence-electron chi connectivity index (χ0n) is 25.9. The number of aromatic nitrogens is 1. The van der Waals surface area contributed by atoms with Gasteiger partial charge in [-0.2, -0.15) is 0 Å². The summed E-state index contributed by atoms with van der Waals surface area (Å²) in [5.74, 6) is 1.39. The van der Waals surface area contributed by atoms with Gasteiger partial charge in [0.1, 0.15) is 5.60 Å². The lowest BCUT2D eigenvalue weighted by molar-refractivity contribution is -0.171. The third kappa shape index (κ3) is 5.60. The molecule has 7 rings (SSSR count). The van der Waals surface area contributed by atoms with E-state index in [2.05, 4.69) is 48.3 Å². The maximum absolute atomic E-state index is 14.0. The summed E-state index contributed by atoms with van der Waals surface area (Å²) < 4.78 is 1.14. The zero-order chi connectivity index (χ0) is 31.2. The molecule has 4 aliphatic carbocycles. The summed E-state index contributed by atoms with van der Waals surface area (Å²) in [4.78, 5) is 24.4. The summed E-state index contributed by atoms with van der Waals surface area (Å²) in [6.07, 6.45) is 14.5. The van der Waals surface area contributed by atoms with Crippen LogP contribution in [0.25, 0.3) is 0 Å². The lowest BCUT2D eigenvalue weighted by atomic mass is 9.49. The Balaban J connectivity index is 1.08. The molecular formula is C37H43N3O3S2. The minimum Gasteiger partial charge on any atom is -0.393 e. The number of nitrogens with zero attached hydrogens (tertiary/aromatic N) is 2. The van der Waals surface area contributed by atoms with Crippen molar-refractivity contribution in [2.24, 2.45) is 40.0 Å². The summed E-state index contributed by atoms with van der Waals surface area (Å²) in [5, 5.41) is 32.3. The number of aliphatic hydroxyl groups is 2. The smallest absolute Gasteiger partial charge is 0.175 e. The van der Waals surface area contributed by atoms with Crippen molar-refractivity contribution >= 4 is 47.1 Å². The van der Waals surface area contributed by atoms with Gasteiger partial charge in [0.2, 0.25) is 0 Å². The second-order valence-electron chi connectivity index (χ2n) is 13.9. The first-order valence-electron chi connectivity index (χ1n) is 16.5. The summed E-state index contributed by atoms with van der Waals surface area (Å²) in [7, 11) is 0. The van der Waals surface area contributed by atoms with Gasteiger partial charge in [0.05, 0.1) is 17.6 Å². The first-order valence-corrected chi connectivity index (χ1v) is 18.3. The van der Waals surface area contributed by atoms with Crippen molar-refractivity contribution in [3.8, 4) is 0 Å². The molecule has 0 bridgehead atoms. The lowest BCUT2D eigenvalue weighted by Crippen LogP contribution is -2.60. The van der Waals surface area contributed by atoms with Gasteiger partial charge in [-0.1, -0.05) is 54.6 Å². The monoisotopic (exact) mass is 641 g/mol. The fourth-order valence-corrected chi connectivity index (χ4v) is 11.7. The van der Waals surface area contributed by atoms with Crippen LogP contribution in [0.3, 0.4) is 0 Å². The molecule has 3 saturated carbocycles. The number of thioether (sulfide) groups is 2. The van der Waals surface area contributed by atoms with Gasteiger partial charge in [-0.3, -0.25) is 4.79 Å². The van der Waals surface area contributed by atoms with Crippen molar-refractivity contribution in [3.63, 3.8) is 0 Å². The van der Waals surface area contributed by atoms with E-state index >= 15 is 0 Å². The topological polar surface area (TPSA) is 107 Å². The largest absolute Gasteiger partial charge is 0.393 e. The molecule has 8 heteroatoms. The lowest BCUT2D eigenvalue weighted by Gasteiger charge is -2.57. The van der Waals surface area contributed by atoms with E-state index in [9.17, 15) is 15.0 Å². The van der Waals surface area contributed by atoms with Gasteiger partial charge in [-0.15, -0.1) is 11.8 Å². The number of carbonyl (C=O) groups excluding carboxylic acids is 1. The second-order valence-corrected chi connectivity index (χ2v) is 16.2. The fraction of sp³-hybridized carbons (Fsp3) is 0.514. The molecule has 0 saturated heterocycles. The molecule has 0 spiro atoms. The molecule has 0 amide bonds. The minimum absolute atomic E-state index is 0.0744. The average Bonchev–Trinajstić information content (AvgIpc) is 3.31. The number of ketones is 1. The quantitative estimate of drug-likeness (QED) is 0.281. The zero-order valence-corrected chi connectivity index (χ0v) is 27.5. The molecule has 6 nitrogen and oxygen atoms in total. The van der Waals surface area contributed by atoms with E-state index in [4.69, 9.17) is 10.4 Å². The third-order valence-electron chi connectivity index (χ3n) is 11.6. The highest BCUT2D eigenvalue weighted by molar-refractivity contribution is 8.22. The van der Waals surface area contributed by atoms with Gasteiger partial charge in [0.15, 0.2) is 11.6 Å².